The fourth-order valence-corrected chi connectivity index (χ4v) is 3.27. The Kier molecular flexibility index (Phi) is 4.53. The lowest BCUT2D eigenvalue weighted by molar-refractivity contribution is -0.138. The Bertz CT molecular complexity index is 1140. The number of halogens is 5. The van der Waals surface area contributed by atoms with Gasteiger partial charge in [-0.3, -0.25) is 0 Å². The van der Waals surface area contributed by atoms with E-state index in [0.717, 1.165) is 6.07 Å². The molecular weight excluding hydrogens is 446 g/mol. The molecule has 2 aromatic heterocycles. The third-order valence-corrected chi connectivity index (χ3v) is 4.66. The number of hydrogen-bond acceptors (Lipinski definition) is 5. The number of aromatic nitrogens is 4. The number of rotatable bonds is 4. The number of benzene rings is 2. The molecule has 0 saturated heterocycles. The predicted molar refractivity (Wildman–Crippen MR) is 95.8 cm³/mol. The molecule has 11 heteroatoms. The van der Waals surface area contributed by atoms with Crippen LogP contribution in [0.15, 0.2) is 45.3 Å². The number of nitrogens with one attached hydrogen (secondary N) is 2. The second-order valence-electron chi connectivity index (χ2n) is 5.87. The van der Waals surface area contributed by atoms with Gasteiger partial charge in [0.1, 0.15) is 11.4 Å². The number of aromatic amines is 1. The standard InChI is InChI=1S/C17H10BrF4N5O/c18-12-6-10(1-2-11(12)17(20,21)22)23-7-9-5-14-8(3-13(9)19)4-15(28-14)16-24-26-27-25-16/h1-6,23H,7H2,(H,24,25,26,27). The van der Waals surface area contributed by atoms with Gasteiger partial charge in [0.15, 0.2) is 5.76 Å². The highest BCUT2D eigenvalue weighted by atomic mass is 79.9. The Morgan fingerprint density at radius 2 is 1.96 bits per heavy atom. The van der Waals surface area contributed by atoms with Gasteiger partial charge >= 0.3 is 6.18 Å². The molecule has 2 N–H and O–H groups in total. The first-order valence-electron chi connectivity index (χ1n) is 7.87. The summed E-state index contributed by atoms with van der Waals surface area (Å²) in [6, 6.07) is 7.94. The Morgan fingerprint density at radius 1 is 1.14 bits per heavy atom. The minimum atomic E-state index is -4.45. The van der Waals surface area contributed by atoms with Crippen LogP contribution in [0.3, 0.4) is 0 Å². The van der Waals surface area contributed by atoms with Crippen LogP contribution in [0.2, 0.25) is 0 Å². The first kappa shape index (κ1) is 18.4. The average Bonchev–Trinajstić information content (AvgIpc) is 3.27. The zero-order valence-electron chi connectivity index (χ0n) is 13.8. The highest BCUT2D eigenvalue weighted by molar-refractivity contribution is 9.10. The summed E-state index contributed by atoms with van der Waals surface area (Å²) in [4.78, 5) is 0. The van der Waals surface area contributed by atoms with E-state index in [2.05, 4.69) is 41.9 Å². The molecule has 6 nitrogen and oxygen atoms in total. The van der Waals surface area contributed by atoms with Crippen LogP contribution in [0.4, 0.5) is 23.2 Å². The summed E-state index contributed by atoms with van der Waals surface area (Å²) in [5, 5.41) is 16.8. The van der Waals surface area contributed by atoms with Crippen molar-refractivity contribution in [1.82, 2.24) is 20.6 Å². The minimum Gasteiger partial charge on any atom is -0.453 e. The molecule has 28 heavy (non-hydrogen) atoms. The summed E-state index contributed by atoms with van der Waals surface area (Å²) in [5.74, 6) is 0.0947. The Labute approximate surface area is 163 Å². The van der Waals surface area contributed by atoms with Crippen molar-refractivity contribution in [2.24, 2.45) is 0 Å². The third kappa shape index (κ3) is 3.57. The molecule has 4 aromatic rings. The highest BCUT2D eigenvalue weighted by Crippen LogP contribution is 2.36. The van der Waals surface area contributed by atoms with Crippen molar-refractivity contribution in [2.45, 2.75) is 12.7 Å². The van der Waals surface area contributed by atoms with Gasteiger partial charge in [0, 0.05) is 27.7 Å². The third-order valence-electron chi connectivity index (χ3n) is 4.01. The molecule has 0 bridgehead atoms. The fourth-order valence-electron chi connectivity index (χ4n) is 2.67. The molecule has 0 spiro atoms. The monoisotopic (exact) mass is 455 g/mol. The van der Waals surface area contributed by atoms with Crippen LogP contribution in [0.5, 0.6) is 0 Å². The average molecular weight is 456 g/mol. The van der Waals surface area contributed by atoms with Gasteiger partial charge in [0.05, 0.1) is 5.56 Å². The lowest BCUT2D eigenvalue weighted by Crippen LogP contribution is -2.07. The molecular formula is C17H10BrF4N5O. The van der Waals surface area contributed by atoms with E-state index in [1.807, 2.05) is 0 Å². The number of nitrogens with zero attached hydrogens (tertiary/aromatic N) is 3. The van der Waals surface area contributed by atoms with Crippen LogP contribution >= 0.6 is 15.9 Å². The summed E-state index contributed by atoms with van der Waals surface area (Å²) in [5.41, 5.74) is 0.339. The molecule has 0 saturated carbocycles. The summed E-state index contributed by atoms with van der Waals surface area (Å²) in [6.07, 6.45) is -4.45. The van der Waals surface area contributed by atoms with Crippen molar-refractivity contribution in [2.75, 3.05) is 5.32 Å². The molecule has 0 fully saturated rings. The Morgan fingerprint density at radius 3 is 2.64 bits per heavy atom. The first-order valence-corrected chi connectivity index (χ1v) is 8.67. The molecule has 4 rings (SSSR count). The van der Waals surface area contributed by atoms with Gasteiger partial charge in [-0.15, -0.1) is 10.2 Å². The van der Waals surface area contributed by atoms with Gasteiger partial charge in [0.2, 0.25) is 5.82 Å². The van der Waals surface area contributed by atoms with E-state index in [0.29, 0.717) is 22.4 Å². The normalized spacial score (nSPS) is 11.9. The molecule has 0 aliphatic carbocycles. The van der Waals surface area contributed by atoms with Gasteiger partial charge in [-0.2, -0.15) is 18.4 Å². The van der Waals surface area contributed by atoms with Crippen molar-refractivity contribution < 1.29 is 22.0 Å². The molecule has 0 amide bonds. The van der Waals surface area contributed by atoms with Gasteiger partial charge < -0.3 is 9.73 Å². The summed E-state index contributed by atoms with van der Waals surface area (Å²) >= 11 is 2.91. The quantitative estimate of drug-likeness (QED) is 0.416. The van der Waals surface area contributed by atoms with E-state index < -0.39 is 17.6 Å². The lowest BCUT2D eigenvalue weighted by atomic mass is 10.1. The molecule has 0 atom stereocenters. The van der Waals surface area contributed by atoms with Gasteiger partial charge in [-0.25, -0.2) is 4.39 Å². The SMILES string of the molecule is Fc1cc2cc(-c3nn[nH]n3)oc2cc1CNc1ccc(C(F)(F)F)c(Br)c1. The van der Waals surface area contributed by atoms with Crippen LogP contribution in [-0.2, 0) is 12.7 Å². The van der Waals surface area contributed by atoms with Crippen LogP contribution in [0.1, 0.15) is 11.1 Å². The summed E-state index contributed by atoms with van der Waals surface area (Å²) in [6.45, 7) is 0.0534. The Balaban J connectivity index is 1.56. The number of hydrogen-bond donors (Lipinski definition) is 2. The van der Waals surface area contributed by atoms with Crippen molar-refractivity contribution in [1.29, 1.82) is 0 Å². The number of H-pyrrole nitrogens is 1. The van der Waals surface area contributed by atoms with E-state index in [4.69, 9.17) is 4.42 Å². The largest absolute Gasteiger partial charge is 0.453 e. The summed E-state index contributed by atoms with van der Waals surface area (Å²) in [7, 11) is 0. The molecule has 144 valence electrons. The van der Waals surface area contributed by atoms with Gasteiger partial charge in [-0.05, 0) is 41.6 Å². The second-order valence-corrected chi connectivity index (χ2v) is 6.73. The molecule has 2 aromatic carbocycles. The molecule has 0 radical (unpaired) electrons. The van der Waals surface area contributed by atoms with E-state index >= 15 is 0 Å². The zero-order valence-corrected chi connectivity index (χ0v) is 15.4. The second kappa shape index (κ2) is 6.89. The number of anilines is 1. The number of tetrazole rings is 1. The molecule has 0 aliphatic heterocycles. The van der Waals surface area contributed by atoms with E-state index in [9.17, 15) is 17.6 Å². The van der Waals surface area contributed by atoms with Crippen LogP contribution in [0, 0.1) is 5.82 Å². The maximum atomic E-state index is 14.4. The zero-order chi connectivity index (χ0) is 19.9. The molecule has 0 unspecified atom stereocenters. The molecule has 2 heterocycles. The molecule has 0 aliphatic rings. The van der Waals surface area contributed by atoms with Crippen LogP contribution < -0.4 is 5.32 Å². The topological polar surface area (TPSA) is 79.6 Å². The maximum absolute atomic E-state index is 14.4. The van der Waals surface area contributed by atoms with Crippen LogP contribution in [0.25, 0.3) is 22.6 Å². The van der Waals surface area contributed by atoms with E-state index in [-0.39, 0.29) is 22.4 Å². The maximum Gasteiger partial charge on any atom is 0.417 e. The smallest absolute Gasteiger partial charge is 0.417 e. The Hall–Kier alpha value is -2.95. The van der Waals surface area contributed by atoms with E-state index in [1.165, 1.54) is 24.3 Å². The fraction of sp³-hybridized carbons (Fsp3) is 0.118. The first-order chi connectivity index (χ1) is 13.3. The van der Waals surface area contributed by atoms with Gasteiger partial charge in [-0.1, -0.05) is 15.9 Å². The summed E-state index contributed by atoms with van der Waals surface area (Å²) < 4.78 is 58.3. The number of alkyl halides is 3. The number of furan rings is 1. The van der Waals surface area contributed by atoms with Gasteiger partial charge in [0.25, 0.3) is 0 Å². The number of fused-ring (bicyclic) bond motifs is 1. The minimum absolute atomic E-state index is 0.0534. The highest BCUT2D eigenvalue weighted by Gasteiger charge is 2.32. The van der Waals surface area contributed by atoms with E-state index in [1.54, 1.807) is 6.07 Å². The predicted octanol–water partition coefficient (Wildman–Crippen LogP) is 5.15. The van der Waals surface area contributed by atoms with Crippen molar-refractivity contribution in [3.8, 4) is 11.6 Å². The van der Waals surface area contributed by atoms with Crippen molar-refractivity contribution in [3.05, 3.63) is 57.8 Å². The van der Waals surface area contributed by atoms with Crippen molar-refractivity contribution >= 4 is 32.6 Å². The van der Waals surface area contributed by atoms with Crippen LogP contribution in [-0.4, -0.2) is 20.6 Å². The lowest BCUT2D eigenvalue weighted by Gasteiger charge is -2.12. The van der Waals surface area contributed by atoms with Crippen molar-refractivity contribution in [3.63, 3.8) is 0 Å².